The molecular weight excluding hydrogens is 401 g/mol. The van der Waals surface area contributed by atoms with E-state index in [2.05, 4.69) is 0 Å². The summed E-state index contributed by atoms with van der Waals surface area (Å²) >= 11 is 0. The van der Waals surface area contributed by atoms with E-state index in [1.807, 2.05) is 4.90 Å². The molecule has 0 radical (unpaired) electrons. The van der Waals surface area contributed by atoms with Gasteiger partial charge in [-0.3, -0.25) is 9.59 Å². The van der Waals surface area contributed by atoms with Crippen molar-refractivity contribution in [3.8, 4) is 17.2 Å². The molecule has 0 bridgehead atoms. The molecule has 0 aromatic heterocycles. The molecule has 2 aromatic rings. The normalized spacial score (nSPS) is 20.6. The van der Waals surface area contributed by atoms with E-state index in [1.165, 1.54) is 25.3 Å². The van der Waals surface area contributed by atoms with Crippen LogP contribution in [0.15, 0.2) is 36.4 Å². The number of hydrogen-bond acceptors (Lipinski definition) is 5. The fourth-order valence-electron chi connectivity index (χ4n) is 4.26. The van der Waals surface area contributed by atoms with Gasteiger partial charge in [-0.25, -0.2) is 4.39 Å². The van der Waals surface area contributed by atoms with E-state index in [4.69, 9.17) is 15.2 Å². The number of carbonyl (C=O) groups excluding carboxylic acids is 2. The highest BCUT2D eigenvalue weighted by molar-refractivity contribution is 5.98. The molecule has 2 atom stereocenters. The highest BCUT2D eigenvalue weighted by Crippen LogP contribution is 2.35. The number of piperazine rings is 1. The van der Waals surface area contributed by atoms with Crippen LogP contribution in [-0.2, 0) is 11.3 Å². The van der Waals surface area contributed by atoms with Crippen molar-refractivity contribution in [2.45, 2.75) is 38.4 Å². The van der Waals surface area contributed by atoms with Gasteiger partial charge in [-0.2, -0.15) is 0 Å². The van der Waals surface area contributed by atoms with Gasteiger partial charge >= 0.3 is 0 Å². The Morgan fingerprint density at radius 1 is 1.19 bits per heavy atom. The summed E-state index contributed by atoms with van der Waals surface area (Å²) in [5.41, 5.74) is 6.54. The van der Waals surface area contributed by atoms with Crippen molar-refractivity contribution in [1.82, 2.24) is 9.80 Å². The summed E-state index contributed by atoms with van der Waals surface area (Å²) in [7, 11) is 1.47. The van der Waals surface area contributed by atoms with Crippen LogP contribution in [0.4, 0.5) is 4.39 Å². The van der Waals surface area contributed by atoms with Crippen LogP contribution in [0.25, 0.3) is 0 Å². The minimum atomic E-state index is -0.557. The first kappa shape index (κ1) is 21.1. The summed E-state index contributed by atoms with van der Waals surface area (Å²) in [5.74, 6) is -0.260. The Balaban J connectivity index is 1.61. The van der Waals surface area contributed by atoms with Crippen LogP contribution in [0, 0.1) is 5.82 Å². The molecule has 2 aliphatic heterocycles. The van der Waals surface area contributed by atoms with Gasteiger partial charge in [-0.15, -0.1) is 0 Å². The van der Waals surface area contributed by atoms with E-state index in [9.17, 15) is 14.0 Å². The minimum Gasteiger partial charge on any atom is -0.493 e. The van der Waals surface area contributed by atoms with Crippen LogP contribution in [0.5, 0.6) is 17.2 Å². The van der Waals surface area contributed by atoms with Crippen LogP contribution in [0.1, 0.15) is 35.7 Å². The zero-order valence-corrected chi connectivity index (χ0v) is 17.6. The fourth-order valence-corrected chi connectivity index (χ4v) is 4.26. The van der Waals surface area contributed by atoms with Crippen LogP contribution >= 0.6 is 0 Å². The maximum absolute atomic E-state index is 14.4. The van der Waals surface area contributed by atoms with Crippen molar-refractivity contribution < 1.29 is 23.5 Å². The Kier molecular flexibility index (Phi) is 5.82. The van der Waals surface area contributed by atoms with Gasteiger partial charge in [0, 0.05) is 31.2 Å². The van der Waals surface area contributed by atoms with Crippen molar-refractivity contribution in [3.63, 3.8) is 0 Å². The van der Waals surface area contributed by atoms with Crippen LogP contribution < -0.4 is 15.2 Å². The Morgan fingerprint density at radius 3 is 2.68 bits per heavy atom. The quantitative estimate of drug-likeness (QED) is 0.793. The fraction of sp³-hybridized carbons (Fsp3) is 0.391. The second-order valence-corrected chi connectivity index (χ2v) is 7.90. The predicted octanol–water partition coefficient (Wildman–Crippen LogP) is 2.92. The molecular formula is C23H26FN3O4. The van der Waals surface area contributed by atoms with E-state index >= 15 is 0 Å². The van der Waals surface area contributed by atoms with Gasteiger partial charge in [0.15, 0.2) is 23.1 Å². The van der Waals surface area contributed by atoms with Gasteiger partial charge in [0.1, 0.15) is 6.04 Å². The number of benzene rings is 2. The van der Waals surface area contributed by atoms with Crippen molar-refractivity contribution in [1.29, 1.82) is 0 Å². The lowest BCUT2D eigenvalue weighted by Crippen LogP contribution is -2.60. The summed E-state index contributed by atoms with van der Waals surface area (Å²) in [4.78, 5) is 29.4. The summed E-state index contributed by atoms with van der Waals surface area (Å²) in [6.07, 6.45) is 1.86. The smallest absolute Gasteiger partial charge is 0.254 e. The second kappa shape index (κ2) is 8.55. The summed E-state index contributed by atoms with van der Waals surface area (Å²) in [5, 5.41) is 0. The van der Waals surface area contributed by atoms with Crippen molar-refractivity contribution in [2.24, 2.45) is 5.73 Å². The topological polar surface area (TPSA) is 85.1 Å². The maximum Gasteiger partial charge on any atom is 0.254 e. The number of hydrogen-bond donors (Lipinski definition) is 1. The van der Waals surface area contributed by atoms with Gasteiger partial charge in [-0.05, 0) is 55.7 Å². The van der Waals surface area contributed by atoms with Crippen molar-refractivity contribution >= 4 is 11.8 Å². The summed E-state index contributed by atoms with van der Waals surface area (Å²) < 4.78 is 25.5. The molecule has 2 saturated heterocycles. The Bertz CT molecular complexity index is 1010. The minimum absolute atomic E-state index is 0.00298. The molecule has 31 heavy (non-hydrogen) atoms. The highest BCUT2D eigenvalue weighted by Gasteiger charge is 2.42. The average Bonchev–Trinajstić information content (AvgIpc) is 3.26. The first-order chi connectivity index (χ1) is 14.9. The third kappa shape index (κ3) is 3.95. The number of nitrogens with two attached hydrogens (primary N) is 1. The number of ether oxygens (including phenoxy) is 2. The van der Waals surface area contributed by atoms with Gasteiger partial charge in [0.25, 0.3) is 5.91 Å². The van der Waals surface area contributed by atoms with Gasteiger partial charge in [0.05, 0.1) is 7.11 Å². The Labute approximate surface area is 180 Å². The third-order valence-electron chi connectivity index (χ3n) is 6.02. The number of fused-ring (bicyclic) bond motifs is 1. The van der Waals surface area contributed by atoms with E-state index in [-0.39, 0.29) is 35.9 Å². The second-order valence-electron chi connectivity index (χ2n) is 7.90. The Hall–Kier alpha value is -3.13. The molecule has 0 aliphatic carbocycles. The number of methoxy groups -OCH3 is 1. The molecule has 0 saturated carbocycles. The lowest BCUT2D eigenvalue weighted by atomic mass is 10.0. The highest BCUT2D eigenvalue weighted by atomic mass is 19.1. The molecule has 2 aromatic carbocycles. The SMILES string of the molecule is COc1ccc(C(=O)N2C[C@@H]3CCCN3C(=O)[C@H]2C)cc1Oc1ccc(CN)cc1F. The molecule has 2 heterocycles. The molecule has 164 valence electrons. The molecule has 0 spiro atoms. The lowest BCUT2D eigenvalue weighted by molar-refractivity contribution is -0.141. The van der Waals surface area contributed by atoms with Crippen LogP contribution in [-0.4, -0.2) is 53.9 Å². The van der Waals surface area contributed by atoms with Gasteiger partial charge < -0.3 is 25.0 Å². The van der Waals surface area contributed by atoms with Crippen molar-refractivity contribution in [3.05, 3.63) is 53.3 Å². The monoisotopic (exact) mass is 427 g/mol. The molecule has 8 heteroatoms. The van der Waals surface area contributed by atoms with Gasteiger partial charge in [0.2, 0.25) is 5.91 Å². The van der Waals surface area contributed by atoms with E-state index in [1.54, 1.807) is 30.0 Å². The van der Waals surface area contributed by atoms with E-state index in [0.29, 0.717) is 23.4 Å². The summed E-state index contributed by atoms with van der Waals surface area (Å²) in [6, 6.07) is 8.76. The third-order valence-corrected chi connectivity index (χ3v) is 6.02. The van der Waals surface area contributed by atoms with Crippen molar-refractivity contribution in [2.75, 3.05) is 20.2 Å². The first-order valence-electron chi connectivity index (χ1n) is 10.4. The molecule has 2 aliphatic rings. The average molecular weight is 427 g/mol. The predicted molar refractivity (Wildman–Crippen MR) is 113 cm³/mol. The lowest BCUT2D eigenvalue weighted by Gasteiger charge is -2.41. The van der Waals surface area contributed by atoms with Gasteiger partial charge in [-0.1, -0.05) is 6.07 Å². The molecule has 4 rings (SSSR count). The standard InChI is InChI=1S/C23H26FN3O4/c1-14-22(28)26-9-3-4-17(26)13-27(14)23(29)16-6-8-20(30-2)21(11-16)31-19-7-5-15(12-25)10-18(19)24/h5-8,10-11,14,17H,3-4,9,12-13,25H2,1-2H3/t14-,17+/m1/s1. The molecule has 7 nitrogen and oxygen atoms in total. The molecule has 0 unspecified atom stereocenters. The molecule has 2 N–H and O–H groups in total. The van der Waals surface area contributed by atoms with Crippen LogP contribution in [0.2, 0.25) is 0 Å². The number of amides is 2. The largest absolute Gasteiger partial charge is 0.493 e. The van der Waals surface area contributed by atoms with E-state index < -0.39 is 11.9 Å². The van der Waals surface area contributed by atoms with E-state index in [0.717, 1.165) is 19.4 Å². The number of rotatable bonds is 5. The first-order valence-corrected chi connectivity index (χ1v) is 10.4. The summed E-state index contributed by atoms with van der Waals surface area (Å²) in [6.45, 7) is 3.23. The zero-order chi connectivity index (χ0) is 22.1. The number of halogens is 1. The maximum atomic E-state index is 14.4. The Morgan fingerprint density at radius 2 is 1.97 bits per heavy atom. The number of carbonyl (C=O) groups is 2. The molecule has 2 amide bonds. The molecule has 2 fully saturated rings. The zero-order valence-electron chi connectivity index (χ0n) is 17.6. The van der Waals surface area contributed by atoms with Crippen LogP contribution in [0.3, 0.4) is 0 Å². The number of nitrogens with zero attached hydrogens (tertiary/aromatic N) is 2.